The van der Waals surface area contributed by atoms with Gasteiger partial charge in [0.25, 0.3) is 0 Å². The Morgan fingerprint density at radius 1 is 1.26 bits per heavy atom. The van der Waals surface area contributed by atoms with Gasteiger partial charge >= 0.3 is 0 Å². The van der Waals surface area contributed by atoms with Crippen LogP contribution >= 0.6 is 0 Å². The first-order valence-corrected chi connectivity index (χ1v) is 13.0. The summed E-state index contributed by atoms with van der Waals surface area (Å²) in [6, 6.07) is 0.373. The minimum atomic E-state index is -0.721. The highest BCUT2D eigenvalue weighted by molar-refractivity contribution is 5.26. The third-order valence-corrected chi connectivity index (χ3v) is 10.2. The maximum Gasteiger partial charge on any atom is 0.0702 e. The molecule has 3 saturated carbocycles. The smallest absolute Gasteiger partial charge is 0.0702 e. The van der Waals surface area contributed by atoms with Gasteiger partial charge in [-0.05, 0) is 99.3 Å². The molecule has 0 heterocycles. The summed E-state index contributed by atoms with van der Waals surface area (Å²) >= 11 is 0. The van der Waals surface area contributed by atoms with Crippen molar-refractivity contribution in [3.05, 3.63) is 24.3 Å². The van der Waals surface area contributed by atoms with Crippen LogP contribution in [0.15, 0.2) is 24.3 Å². The number of allylic oxidation sites excluding steroid dienone is 1. The van der Waals surface area contributed by atoms with Crippen LogP contribution in [0, 0.1) is 40.4 Å². The molecule has 0 spiro atoms. The highest BCUT2D eigenvalue weighted by Crippen LogP contribution is 2.67. The van der Waals surface area contributed by atoms with Crippen molar-refractivity contribution in [3.8, 4) is 0 Å². The van der Waals surface area contributed by atoms with E-state index in [1.807, 2.05) is 6.08 Å². The predicted molar refractivity (Wildman–Crippen MR) is 129 cm³/mol. The van der Waals surface area contributed by atoms with Crippen LogP contribution in [0.2, 0.25) is 0 Å². The Morgan fingerprint density at radius 2 is 2.00 bits per heavy atom. The van der Waals surface area contributed by atoms with Crippen molar-refractivity contribution in [2.24, 2.45) is 40.4 Å². The van der Waals surface area contributed by atoms with Crippen molar-refractivity contribution in [2.75, 3.05) is 6.54 Å². The van der Waals surface area contributed by atoms with Crippen molar-refractivity contribution in [3.63, 3.8) is 0 Å². The maximum atomic E-state index is 11.7. The molecule has 3 nitrogen and oxygen atoms in total. The van der Waals surface area contributed by atoms with E-state index in [9.17, 15) is 10.2 Å². The van der Waals surface area contributed by atoms with Crippen LogP contribution in [0.3, 0.4) is 0 Å². The van der Waals surface area contributed by atoms with Gasteiger partial charge in [0.2, 0.25) is 0 Å². The highest BCUT2D eigenvalue weighted by atomic mass is 16.3. The molecule has 0 aromatic carbocycles. The van der Waals surface area contributed by atoms with Gasteiger partial charge in [0.1, 0.15) is 0 Å². The van der Waals surface area contributed by atoms with Crippen LogP contribution in [0.1, 0.15) is 86.0 Å². The van der Waals surface area contributed by atoms with Crippen LogP contribution < -0.4 is 5.32 Å². The van der Waals surface area contributed by atoms with E-state index in [0.29, 0.717) is 30.2 Å². The average Bonchev–Trinajstić information content (AvgIpc) is 3.00. The summed E-state index contributed by atoms with van der Waals surface area (Å²) in [5.74, 6) is 2.95. The second-order valence-electron chi connectivity index (χ2n) is 12.7. The van der Waals surface area contributed by atoms with Gasteiger partial charge in [0.05, 0.1) is 11.7 Å². The van der Waals surface area contributed by atoms with Gasteiger partial charge in [-0.25, -0.2) is 0 Å². The first-order valence-electron chi connectivity index (χ1n) is 13.0. The molecule has 4 aliphatic rings. The molecule has 3 N–H and O–H groups in total. The summed E-state index contributed by atoms with van der Waals surface area (Å²) in [5.41, 5.74) is 1.25. The van der Waals surface area contributed by atoms with E-state index in [-0.39, 0.29) is 22.9 Å². The normalized spacial score (nSPS) is 46.5. The number of hydrogen-bond acceptors (Lipinski definition) is 3. The van der Waals surface area contributed by atoms with Crippen molar-refractivity contribution in [2.45, 2.75) is 104 Å². The van der Waals surface area contributed by atoms with E-state index in [1.54, 1.807) is 5.57 Å². The summed E-state index contributed by atoms with van der Waals surface area (Å²) in [4.78, 5) is 0. The Hall–Kier alpha value is -0.640. The van der Waals surface area contributed by atoms with E-state index in [0.717, 1.165) is 38.1 Å². The highest BCUT2D eigenvalue weighted by Gasteiger charge is 2.63. The van der Waals surface area contributed by atoms with E-state index in [2.05, 4.69) is 52.6 Å². The van der Waals surface area contributed by atoms with Gasteiger partial charge in [0, 0.05) is 12.0 Å². The molecule has 0 bridgehead atoms. The lowest BCUT2D eigenvalue weighted by molar-refractivity contribution is -0.104. The molecule has 0 radical (unpaired) electrons. The lowest BCUT2D eigenvalue weighted by Crippen LogP contribution is -2.55. The molecule has 31 heavy (non-hydrogen) atoms. The molecule has 0 unspecified atom stereocenters. The van der Waals surface area contributed by atoms with E-state index < -0.39 is 5.60 Å². The summed E-state index contributed by atoms with van der Waals surface area (Å²) in [5, 5.41) is 25.8. The fourth-order valence-electron chi connectivity index (χ4n) is 8.84. The zero-order valence-electron chi connectivity index (χ0n) is 20.7. The predicted octanol–water partition coefficient (Wildman–Crippen LogP) is 5.48. The number of fused-ring (bicyclic) bond motifs is 5. The molecular formula is C28H47NO2. The Morgan fingerprint density at radius 3 is 2.68 bits per heavy atom. The lowest BCUT2D eigenvalue weighted by Gasteiger charge is -2.58. The van der Waals surface area contributed by atoms with Crippen LogP contribution in [0.5, 0.6) is 0 Å². The first-order chi connectivity index (χ1) is 14.5. The van der Waals surface area contributed by atoms with Crippen molar-refractivity contribution in [1.29, 1.82) is 0 Å². The summed E-state index contributed by atoms with van der Waals surface area (Å²) in [6.07, 6.45) is 12.7. The summed E-state index contributed by atoms with van der Waals surface area (Å²) < 4.78 is 0. The Bertz CT molecular complexity index is 712. The summed E-state index contributed by atoms with van der Waals surface area (Å²) in [7, 11) is 0. The van der Waals surface area contributed by atoms with Gasteiger partial charge in [-0.1, -0.05) is 45.4 Å². The first kappa shape index (κ1) is 23.5. The molecule has 0 amide bonds. The number of hydrogen-bond donors (Lipinski definition) is 3. The van der Waals surface area contributed by atoms with E-state index >= 15 is 0 Å². The monoisotopic (exact) mass is 429 g/mol. The van der Waals surface area contributed by atoms with Crippen LogP contribution in [0.25, 0.3) is 0 Å². The second kappa shape index (κ2) is 8.29. The Balaban J connectivity index is 1.67. The fourth-order valence-corrected chi connectivity index (χ4v) is 8.84. The SMILES string of the molecule is C=CC[C@@](C)(O)[C@H]1[C@H](NCC(C)C)C[C@H]2[C@@H]3CC=C4C[C@@H](O)CC[C@]4(C)[C@H]3CC[C@@]21C. The fraction of sp³-hybridized carbons (Fsp3) is 0.857. The average molecular weight is 430 g/mol. The van der Waals surface area contributed by atoms with Gasteiger partial charge in [-0.3, -0.25) is 0 Å². The van der Waals surface area contributed by atoms with E-state index in [1.165, 1.54) is 19.3 Å². The van der Waals surface area contributed by atoms with Crippen molar-refractivity contribution < 1.29 is 10.2 Å². The topological polar surface area (TPSA) is 52.5 Å². The second-order valence-corrected chi connectivity index (χ2v) is 12.7. The molecule has 0 aromatic rings. The van der Waals surface area contributed by atoms with Crippen LogP contribution in [-0.2, 0) is 0 Å². The number of aliphatic hydroxyl groups is 2. The molecule has 3 fully saturated rings. The van der Waals surface area contributed by atoms with Gasteiger partial charge in [-0.15, -0.1) is 6.58 Å². The van der Waals surface area contributed by atoms with E-state index in [4.69, 9.17) is 0 Å². The number of nitrogens with one attached hydrogen (secondary N) is 1. The Labute approximate surface area is 190 Å². The zero-order chi connectivity index (χ0) is 22.6. The van der Waals surface area contributed by atoms with Crippen molar-refractivity contribution >= 4 is 0 Å². The standard InChI is InChI=1S/C28H47NO2/c1-7-12-28(6,31)25-24(29-17-18(2)3)16-23-21-9-8-19-15-20(30)10-13-26(19,4)22(21)11-14-27(23,25)5/h7-8,18,20-25,29-31H,1,9-17H2,2-6H3/t20-,21+,22-,23-,24+,25-,26-,27-,28+/m0/s1. The largest absolute Gasteiger partial charge is 0.393 e. The number of aliphatic hydroxyl groups excluding tert-OH is 1. The molecule has 9 atom stereocenters. The minimum absolute atomic E-state index is 0.140. The summed E-state index contributed by atoms with van der Waals surface area (Å²) in [6.45, 7) is 16.6. The third kappa shape index (κ3) is 3.87. The van der Waals surface area contributed by atoms with Crippen molar-refractivity contribution in [1.82, 2.24) is 5.32 Å². The Kier molecular flexibility index (Phi) is 6.29. The lowest BCUT2D eigenvalue weighted by atomic mass is 9.46. The van der Waals surface area contributed by atoms with Crippen LogP contribution in [0.4, 0.5) is 0 Å². The third-order valence-electron chi connectivity index (χ3n) is 10.2. The quantitative estimate of drug-likeness (QED) is 0.490. The molecule has 0 saturated heterocycles. The van der Waals surface area contributed by atoms with Crippen LogP contribution in [-0.4, -0.2) is 34.5 Å². The molecule has 0 aliphatic heterocycles. The van der Waals surface area contributed by atoms with Gasteiger partial charge in [0.15, 0.2) is 0 Å². The minimum Gasteiger partial charge on any atom is -0.393 e. The number of rotatable bonds is 6. The maximum absolute atomic E-state index is 11.7. The molecule has 176 valence electrons. The van der Waals surface area contributed by atoms with Gasteiger partial charge in [-0.2, -0.15) is 0 Å². The molecule has 4 aliphatic carbocycles. The molecule has 0 aromatic heterocycles. The molecular weight excluding hydrogens is 382 g/mol. The molecule has 4 rings (SSSR count). The zero-order valence-corrected chi connectivity index (χ0v) is 20.7. The van der Waals surface area contributed by atoms with Gasteiger partial charge < -0.3 is 15.5 Å². The molecule has 3 heteroatoms.